The van der Waals surface area contributed by atoms with Crippen LogP contribution in [0.5, 0.6) is 11.5 Å². The maximum absolute atomic E-state index is 12.5. The predicted molar refractivity (Wildman–Crippen MR) is 95.9 cm³/mol. The van der Waals surface area contributed by atoms with E-state index in [1.807, 2.05) is 19.1 Å². The Morgan fingerprint density at radius 2 is 1.76 bits per heavy atom. The average molecular weight is 360 g/mol. The minimum atomic E-state index is -3.73. The molecule has 2 aromatic rings. The first kappa shape index (κ1) is 17.3. The Kier molecular flexibility index (Phi) is 4.67. The first-order chi connectivity index (χ1) is 11.9. The van der Waals surface area contributed by atoms with Crippen molar-refractivity contribution in [3.05, 3.63) is 53.1 Å². The van der Waals surface area contributed by atoms with Gasteiger partial charge in [-0.1, -0.05) is 12.1 Å². The van der Waals surface area contributed by atoms with Crippen molar-refractivity contribution in [2.45, 2.75) is 25.7 Å². The van der Waals surface area contributed by atoms with Gasteiger partial charge in [-0.3, -0.25) is 0 Å². The highest BCUT2D eigenvalue weighted by Gasteiger charge is 2.17. The summed E-state index contributed by atoms with van der Waals surface area (Å²) in [6.45, 7) is 6.35. The van der Waals surface area contributed by atoms with Gasteiger partial charge in [0.1, 0.15) is 13.2 Å². The normalized spacial score (nSPS) is 14.3. The minimum Gasteiger partial charge on any atom is -0.486 e. The predicted octanol–water partition coefficient (Wildman–Crippen LogP) is 2.78. The van der Waals surface area contributed by atoms with Crippen LogP contribution in [-0.2, 0) is 10.0 Å². The molecule has 1 aliphatic heterocycles. The number of hydrazone groups is 1. The van der Waals surface area contributed by atoms with Crippen LogP contribution < -0.4 is 14.3 Å². The maximum Gasteiger partial charge on any atom is 0.276 e. The fourth-order valence-electron chi connectivity index (χ4n) is 2.51. The number of nitrogens with zero attached hydrogens (tertiary/aromatic N) is 1. The molecule has 0 radical (unpaired) electrons. The highest BCUT2D eigenvalue weighted by Crippen LogP contribution is 2.30. The summed E-state index contributed by atoms with van der Waals surface area (Å²) in [4.78, 5) is 2.54. The summed E-state index contributed by atoms with van der Waals surface area (Å²) in [5.41, 5.74) is 2.84. The number of aryl methyl sites for hydroxylation is 2. The van der Waals surface area contributed by atoms with E-state index in [0.29, 0.717) is 36.0 Å². The van der Waals surface area contributed by atoms with Gasteiger partial charge < -0.3 is 9.47 Å². The summed E-state index contributed by atoms with van der Waals surface area (Å²) in [6.07, 6.45) is 0. The molecule has 0 fully saturated rings. The third-order valence-electron chi connectivity index (χ3n) is 3.93. The van der Waals surface area contributed by atoms with E-state index in [1.54, 1.807) is 38.1 Å². The van der Waals surface area contributed by atoms with Crippen LogP contribution in [0.2, 0.25) is 0 Å². The lowest BCUT2D eigenvalue weighted by molar-refractivity contribution is 0.171. The molecule has 0 amide bonds. The van der Waals surface area contributed by atoms with Crippen LogP contribution >= 0.6 is 0 Å². The molecule has 0 saturated carbocycles. The molecule has 0 spiro atoms. The minimum absolute atomic E-state index is 0.228. The van der Waals surface area contributed by atoms with E-state index in [-0.39, 0.29) is 4.90 Å². The van der Waals surface area contributed by atoms with Gasteiger partial charge in [-0.15, -0.1) is 0 Å². The van der Waals surface area contributed by atoms with Crippen LogP contribution in [0.15, 0.2) is 46.4 Å². The molecule has 1 heterocycles. The standard InChI is InChI=1S/C18H20N2O4S/c1-12-4-5-13(2)18(10-12)25(21,22)20-19-14(3)15-6-7-16-17(11-15)24-9-8-23-16/h4-7,10-11,20H,8-9H2,1-3H3/b19-14-. The fraction of sp³-hybridized carbons (Fsp3) is 0.278. The van der Waals surface area contributed by atoms with Crippen molar-refractivity contribution in [1.82, 2.24) is 4.83 Å². The SMILES string of the molecule is C/C(=N/NS(=O)(=O)c1cc(C)ccc1C)c1ccc2c(c1)OCCO2. The van der Waals surface area contributed by atoms with Gasteiger partial charge in [0.25, 0.3) is 10.0 Å². The van der Waals surface area contributed by atoms with Crippen LogP contribution in [0.25, 0.3) is 0 Å². The van der Waals surface area contributed by atoms with E-state index in [0.717, 1.165) is 11.1 Å². The third kappa shape index (κ3) is 3.76. The second kappa shape index (κ2) is 6.76. The molecule has 0 atom stereocenters. The second-order valence-electron chi connectivity index (χ2n) is 5.92. The molecule has 2 aromatic carbocycles. The summed E-state index contributed by atoms with van der Waals surface area (Å²) >= 11 is 0. The Balaban J connectivity index is 1.84. The Morgan fingerprint density at radius 1 is 1.04 bits per heavy atom. The molecular weight excluding hydrogens is 340 g/mol. The molecule has 0 aromatic heterocycles. The smallest absolute Gasteiger partial charge is 0.276 e. The van der Waals surface area contributed by atoms with Crippen molar-refractivity contribution in [1.29, 1.82) is 0 Å². The lowest BCUT2D eigenvalue weighted by atomic mass is 10.1. The zero-order valence-corrected chi connectivity index (χ0v) is 15.2. The first-order valence-electron chi connectivity index (χ1n) is 7.90. The van der Waals surface area contributed by atoms with E-state index >= 15 is 0 Å². The van der Waals surface area contributed by atoms with Crippen molar-refractivity contribution in [2.24, 2.45) is 5.10 Å². The van der Waals surface area contributed by atoms with E-state index in [2.05, 4.69) is 9.93 Å². The molecule has 7 heteroatoms. The van der Waals surface area contributed by atoms with Crippen LogP contribution in [-0.4, -0.2) is 27.3 Å². The number of benzene rings is 2. The third-order valence-corrected chi connectivity index (χ3v) is 5.28. The number of fused-ring (bicyclic) bond motifs is 1. The molecule has 3 rings (SSSR count). The molecule has 0 aliphatic carbocycles. The van der Waals surface area contributed by atoms with Crippen molar-refractivity contribution in [2.75, 3.05) is 13.2 Å². The second-order valence-corrected chi connectivity index (χ2v) is 7.55. The highest BCUT2D eigenvalue weighted by molar-refractivity contribution is 7.89. The first-order valence-corrected chi connectivity index (χ1v) is 9.38. The Morgan fingerprint density at radius 3 is 2.52 bits per heavy atom. The Labute approximate surface area is 147 Å². The molecule has 25 heavy (non-hydrogen) atoms. The largest absolute Gasteiger partial charge is 0.486 e. The van der Waals surface area contributed by atoms with E-state index in [4.69, 9.17) is 9.47 Å². The molecule has 0 unspecified atom stereocenters. The van der Waals surface area contributed by atoms with Gasteiger partial charge in [0.05, 0.1) is 10.6 Å². The summed E-state index contributed by atoms with van der Waals surface area (Å²) in [5.74, 6) is 1.31. The van der Waals surface area contributed by atoms with Gasteiger partial charge in [-0.2, -0.15) is 18.4 Å². The Hall–Kier alpha value is -2.54. The van der Waals surface area contributed by atoms with Gasteiger partial charge in [0.15, 0.2) is 11.5 Å². The van der Waals surface area contributed by atoms with Crippen molar-refractivity contribution < 1.29 is 17.9 Å². The highest BCUT2D eigenvalue weighted by atomic mass is 32.2. The van der Waals surface area contributed by atoms with Gasteiger partial charge in [-0.05, 0) is 56.2 Å². The molecule has 6 nitrogen and oxygen atoms in total. The van der Waals surface area contributed by atoms with E-state index in [1.165, 1.54) is 0 Å². The summed E-state index contributed by atoms with van der Waals surface area (Å²) in [6, 6.07) is 10.7. The van der Waals surface area contributed by atoms with Crippen molar-refractivity contribution >= 4 is 15.7 Å². The molecule has 132 valence electrons. The Bertz CT molecular complexity index is 936. The number of nitrogens with one attached hydrogen (secondary N) is 1. The average Bonchev–Trinajstić information content (AvgIpc) is 2.61. The zero-order chi connectivity index (χ0) is 18.0. The van der Waals surface area contributed by atoms with Gasteiger partial charge in [0.2, 0.25) is 0 Å². The van der Waals surface area contributed by atoms with Crippen LogP contribution in [0.3, 0.4) is 0 Å². The lowest BCUT2D eigenvalue weighted by Crippen LogP contribution is -2.21. The lowest BCUT2D eigenvalue weighted by Gasteiger charge is -2.18. The molecule has 1 aliphatic rings. The molecule has 1 N–H and O–H groups in total. The maximum atomic E-state index is 12.5. The fourth-order valence-corrected chi connectivity index (χ4v) is 3.70. The summed E-state index contributed by atoms with van der Waals surface area (Å²) in [7, 11) is -3.73. The van der Waals surface area contributed by atoms with Crippen LogP contribution in [0, 0.1) is 13.8 Å². The summed E-state index contributed by atoms with van der Waals surface area (Å²) < 4.78 is 36.0. The number of ether oxygens (including phenoxy) is 2. The molecule has 0 bridgehead atoms. The van der Waals surface area contributed by atoms with Crippen LogP contribution in [0.4, 0.5) is 0 Å². The number of sulfonamides is 1. The van der Waals surface area contributed by atoms with Gasteiger partial charge in [-0.25, -0.2) is 0 Å². The number of hydrogen-bond donors (Lipinski definition) is 1. The number of rotatable bonds is 4. The number of hydrogen-bond acceptors (Lipinski definition) is 5. The molecule has 0 saturated heterocycles. The van der Waals surface area contributed by atoms with Crippen molar-refractivity contribution in [3.8, 4) is 11.5 Å². The monoisotopic (exact) mass is 360 g/mol. The summed E-state index contributed by atoms with van der Waals surface area (Å²) in [5, 5.41) is 4.04. The van der Waals surface area contributed by atoms with Gasteiger partial charge in [0, 0.05) is 5.56 Å². The zero-order valence-electron chi connectivity index (χ0n) is 14.4. The molecular formula is C18H20N2O4S. The van der Waals surface area contributed by atoms with E-state index < -0.39 is 10.0 Å². The van der Waals surface area contributed by atoms with E-state index in [9.17, 15) is 8.42 Å². The van der Waals surface area contributed by atoms with Crippen LogP contribution in [0.1, 0.15) is 23.6 Å². The topological polar surface area (TPSA) is 77.0 Å². The van der Waals surface area contributed by atoms with Crippen molar-refractivity contribution in [3.63, 3.8) is 0 Å². The quantitative estimate of drug-likeness (QED) is 0.672. The van der Waals surface area contributed by atoms with Gasteiger partial charge >= 0.3 is 0 Å².